The Bertz CT molecular complexity index is 5350. The van der Waals surface area contributed by atoms with Crippen molar-refractivity contribution in [3.05, 3.63) is 108 Å². The van der Waals surface area contributed by atoms with E-state index >= 15 is 47.9 Å². The van der Waals surface area contributed by atoms with Gasteiger partial charge in [0.15, 0.2) is 23.8 Å². The van der Waals surface area contributed by atoms with Crippen molar-refractivity contribution in [2.45, 2.75) is 232 Å². The van der Waals surface area contributed by atoms with Crippen LogP contribution in [0.5, 0.6) is 11.5 Å². The summed E-state index contributed by atoms with van der Waals surface area (Å²) in [6, 6.07) is -2.64. The Morgan fingerprint density at radius 2 is 0.607 bits per heavy atom. The van der Waals surface area contributed by atoms with Gasteiger partial charge in [-0.25, -0.2) is 9.59 Å². The van der Waals surface area contributed by atoms with Crippen LogP contribution in [0.4, 0.5) is 9.59 Å². The summed E-state index contributed by atoms with van der Waals surface area (Å²) in [5.74, 6) is -19.1. The topological polar surface area (TPSA) is 898 Å². The van der Waals surface area contributed by atoms with Crippen molar-refractivity contribution >= 4 is 166 Å². The lowest BCUT2D eigenvalue weighted by Crippen LogP contribution is -2.62. The molecule has 0 saturated carbocycles. The van der Waals surface area contributed by atoms with Gasteiger partial charge in [-0.05, 0) is 180 Å². The fraction of sp³-hybridized carbons (Fsp3) is 0.532. The maximum Gasteiger partial charge on any atom is 0.312 e. The van der Waals surface area contributed by atoms with Crippen LogP contribution < -0.4 is 152 Å². The first-order valence-corrected chi connectivity index (χ1v) is 50.7. The number of urea groups is 2. The van der Waals surface area contributed by atoms with Gasteiger partial charge in [-0.3, -0.25) is 98.3 Å². The first-order chi connectivity index (χ1) is 71.6. The first kappa shape index (κ1) is 121. The van der Waals surface area contributed by atoms with Crippen LogP contribution in [-0.2, 0) is 96.0 Å². The molecule has 15 atom stereocenters. The van der Waals surface area contributed by atoms with Crippen molar-refractivity contribution in [2.75, 3.05) is 83.5 Å². The van der Waals surface area contributed by atoms with E-state index in [4.69, 9.17) is 67.5 Å². The molecule has 0 aromatic heterocycles. The number of primary amides is 2. The number of phenols is 2. The van der Waals surface area contributed by atoms with Crippen molar-refractivity contribution < 1.29 is 96.5 Å². The van der Waals surface area contributed by atoms with Crippen LogP contribution in [0.15, 0.2) is 91.0 Å². The second-order valence-electron chi connectivity index (χ2n) is 36.3. The average molecular weight is 2130 g/mol. The van der Waals surface area contributed by atoms with Crippen LogP contribution >= 0.6 is 25.3 Å². The minimum Gasteiger partial charge on any atom is -0.508 e. The Morgan fingerprint density at radius 3 is 0.953 bits per heavy atom. The molecule has 42 N–H and O–H groups in total. The number of fused-ring (bicyclic) bond motifs is 3. The summed E-state index contributed by atoms with van der Waals surface area (Å²) >= 11 is 8.85. The Hall–Kier alpha value is -15.5. The Morgan fingerprint density at radius 1 is 0.327 bits per heavy atom. The highest BCUT2D eigenvalue weighted by atomic mass is 32.1. The number of rotatable bonds is 37. The SMILES string of the molecule is N=C(N)NCCC[C@@H]1NC(=O)[C@H](CS)NC(=O)[C@H](CCCNC(N)=O)NC(=O)[C@H](CCCNC(=N)N)NC(=O)[C@H](Cc2ccc(O)cc2)NC(=O)[C@@H]2CCCN2C(=O)[C@H](CN)NC(=O)[C@H](CCCCN)NC(=O)[C@H](CCCNC(N)=O)NC(=O)[C@H](Cc2ccc(O)cc2)NC(=O)[C@H](CS)NC(=O)[C@H](Cc2ccc3ccccc3c2)NC(=O)[C@H](CCCNC(=N)N)NC(=O)[C@H](CCCNC(=N)N)NC(=O)[C@H]2CCCN2C(=O)CNC1=O. The molecule has 3 fully saturated rings. The number of carbonyl (C=O) groups excluding carboxylic acids is 18. The largest absolute Gasteiger partial charge is 0.508 e. The van der Waals surface area contributed by atoms with Gasteiger partial charge < -0.3 is 172 Å². The molecule has 3 saturated heterocycles. The van der Waals surface area contributed by atoms with Crippen molar-refractivity contribution in [3.63, 3.8) is 0 Å². The van der Waals surface area contributed by atoms with Gasteiger partial charge in [0, 0.05) is 89.7 Å². The van der Waals surface area contributed by atoms with Crippen LogP contribution in [-0.4, -0.2) is 325 Å². The molecule has 0 radical (unpaired) electrons. The van der Waals surface area contributed by atoms with Gasteiger partial charge in [-0.1, -0.05) is 66.7 Å². The normalized spacial score (nSPS) is 23.1. The molecule has 4 aromatic rings. The number of unbranched alkanes of at least 4 members (excludes halogenated alkanes) is 1. The monoisotopic (exact) mass is 2130 g/mol. The summed E-state index contributed by atoms with van der Waals surface area (Å²) in [6.07, 6.45) is -2.28. The first-order valence-electron chi connectivity index (χ1n) is 49.5. The van der Waals surface area contributed by atoms with E-state index in [-0.39, 0.29) is 205 Å². The quantitative estimate of drug-likeness (QED) is 0.00863. The number of phenolic OH excluding ortho intramolecular Hbond substituents is 2. The van der Waals surface area contributed by atoms with E-state index in [0.29, 0.717) is 22.1 Å². The molecule has 56 heteroatoms. The van der Waals surface area contributed by atoms with Gasteiger partial charge >= 0.3 is 12.1 Å². The van der Waals surface area contributed by atoms with Crippen molar-refractivity contribution in [1.82, 2.24) is 116 Å². The van der Waals surface area contributed by atoms with E-state index in [0.717, 1.165) is 15.2 Å². The minimum absolute atomic E-state index is 0.00378. The van der Waals surface area contributed by atoms with Crippen molar-refractivity contribution in [3.8, 4) is 11.5 Å². The Kier molecular flexibility index (Phi) is 51.2. The van der Waals surface area contributed by atoms with Crippen LogP contribution in [0.3, 0.4) is 0 Å². The van der Waals surface area contributed by atoms with Gasteiger partial charge in [-0.15, -0.1) is 0 Å². The van der Waals surface area contributed by atoms with Gasteiger partial charge in [0.05, 0.1) is 6.54 Å². The van der Waals surface area contributed by atoms with Gasteiger partial charge in [0.1, 0.15) is 102 Å². The molecule has 0 unspecified atom stereocenters. The highest BCUT2D eigenvalue weighted by Crippen LogP contribution is 2.25. The zero-order valence-corrected chi connectivity index (χ0v) is 85.0. The number of aromatic hydroxyl groups is 2. The number of hydrogen-bond acceptors (Lipinski definition) is 28. The maximum absolute atomic E-state index is 15.4. The molecule has 3 heterocycles. The van der Waals surface area contributed by atoms with Crippen LogP contribution in [0.2, 0.25) is 0 Å². The number of nitrogens with one attached hydrogen (secondary N) is 24. The standard InChI is InChI=1S/C94H144N34O20S2/c95-34-4-3-15-59-79(137)124-68(47-96)88(146)128-42-12-23-72(128)87(145)123-66(45-52-27-32-57(130)33-28-52)82(140)119-60(17-6-36-108-90(99)100)76(134)117-63(21-10-40-112-94(106)148)80(138)125-69(49-149)84(142)114-58(16-5-35-107-89(97)98)74(132)113-48-73(131)127-41-11-22-71(127)86(144)120-64(19-8-38-110-92(103)104)77(135)116-62(18-7-37-109-91(101)102)78(136)121-67(46-53-24-29-54-13-1-2-14-55(54)43-53)83(141)126-70(50-150)85(143)122-65(44-51-25-30-56(129)31-26-51)81(139)118-61(75(133)115-59)20-9-39-111-93(105)147/h1-2,13-14,24-33,43,58-72,129-130,149-150H,3-12,15-23,34-42,44-50,95-96H2,(H,113,132)(H,114,142)(H,115,133)(H,116,135)(H,117,134)(H,118,139)(H,119,140)(H,120,144)(H,121,136)(H,122,143)(H,123,145)(H,124,137)(H,125,138)(H,126,141)(H4,97,98,107)(H4,99,100,108)(H4,101,102,109)(H4,103,104,110)(H3,105,111,147)(H3,106,112,148)/t58-,59-,60-,61-,62-,63-,64-,65-,66-,67-,68-,69-,70-,71+,72-/m0/s1. The third kappa shape index (κ3) is 41.7. The third-order valence-electron chi connectivity index (χ3n) is 24.8. The molecule has 0 bridgehead atoms. The molecular formula is C94H144N34O20S2. The average Bonchev–Trinajstić information content (AvgIpc) is 1.38. The van der Waals surface area contributed by atoms with E-state index < -0.39 is 252 Å². The van der Waals surface area contributed by atoms with Gasteiger partial charge in [0.25, 0.3) is 0 Å². The third-order valence-corrected chi connectivity index (χ3v) is 25.5. The molecule has 3 aliphatic heterocycles. The second kappa shape index (κ2) is 63.2. The zero-order chi connectivity index (χ0) is 110. The number of nitrogens with zero attached hydrogens (tertiary/aromatic N) is 2. The van der Waals surface area contributed by atoms with Crippen LogP contribution in [0, 0.1) is 21.6 Å². The molecule has 4 aromatic carbocycles. The van der Waals surface area contributed by atoms with E-state index in [2.05, 4.69) is 132 Å². The summed E-state index contributed by atoms with van der Waals surface area (Å²) in [6.45, 7) is -2.07. The number of nitrogens with two attached hydrogens (primary N) is 8. The highest BCUT2D eigenvalue weighted by Gasteiger charge is 2.44. The van der Waals surface area contributed by atoms with Crippen LogP contribution in [0.25, 0.3) is 10.8 Å². The number of thiol groups is 2. The molecule has 3 aliphatic rings. The summed E-state index contributed by atoms with van der Waals surface area (Å²) in [7, 11) is 0. The molecule has 0 aliphatic carbocycles. The molecular weight excluding hydrogens is 1990 g/mol. The number of amides is 20. The predicted octanol–water partition coefficient (Wildman–Crippen LogP) is -8.41. The second-order valence-corrected chi connectivity index (χ2v) is 37.0. The smallest absolute Gasteiger partial charge is 0.312 e. The maximum atomic E-state index is 15.4. The van der Waals surface area contributed by atoms with Crippen LogP contribution in [0.1, 0.15) is 139 Å². The lowest BCUT2D eigenvalue weighted by atomic mass is 10.00. The number of hydrogen-bond donors (Lipinski definition) is 36. The zero-order valence-electron chi connectivity index (χ0n) is 83.2. The molecule has 20 amide bonds. The fourth-order valence-electron chi connectivity index (χ4n) is 16.9. The summed E-state index contributed by atoms with van der Waals surface area (Å²) in [5.41, 5.74) is 46.6. The molecule has 822 valence electrons. The molecule has 7 rings (SSSR count). The van der Waals surface area contributed by atoms with E-state index in [1.54, 1.807) is 36.4 Å². The Labute approximate surface area is 876 Å². The minimum atomic E-state index is -1.70. The van der Waals surface area contributed by atoms with E-state index in [1.165, 1.54) is 48.5 Å². The van der Waals surface area contributed by atoms with Crippen molar-refractivity contribution in [2.24, 2.45) is 45.9 Å². The molecule has 54 nitrogen and oxygen atoms in total. The number of guanidine groups is 4. The van der Waals surface area contributed by atoms with E-state index in [1.807, 2.05) is 6.07 Å². The van der Waals surface area contributed by atoms with Gasteiger partial charge in [-0.2, -0.15) is 25.3 Å². The Balaban J connectivity index is 1.33. The molecule has 150 heavy (non-hydrogen) atoms. The van der Waals surface area contributed by atoms with E-state index in [9.17, 15) is 48.6 Å². The molecule has 0 spiro atoms. The summed E-state index contributed by atoms with van der Waals surface area (Å²) < 4.78 is 0. The summed E-state index contributed by atoms with van der Waals surface area (Å²) in [5, 5.41) is 106. The lowest BCUT2D eigenvalue weighted by molar-refractivity contribution is -0.142. The highest BCUT2D eigenvalue weighted by molar-refractivity contribution is 7.80. The predicted molar refractivity (Wildman–Crippen MR) is 559 cm³/mol. The number of benzene rings is 4. The van der Waals surface area contributed by atoms with Gasteiger partial charge in [0.2, 0.25) is 94.5 Å². The summed E-state index contributed by atoms with van der Waals surface area (Å²) in [4.78, 5) is 266. The fourth-order valence-corrected chi connectivity index (χ4v) is 17.4. The number of carbonyl (C=O) groups is 18. The lowest BCUT2D eigenvalue weighted by Gasteiger charge is -2.31. The van der Waals surface area contributed by atoms with Crippen molar-refractivity contribution in [1.29, 1.82) is 21.6 Å².